The summed E-state index contributed by atoms with van der Waals surface area (Å²) in [5.74, 6) is 0.407. The topological polar surface area (TPSA) is 61.7 Å². The molecule has 2 aromatic carbocycles. The van der Waals surface area contributed by atoms with E-state index in [1.54, 1.807) is 30.3 Å². The normalized spacial score (nSPS) is 10.4. The number of methoxy groups -OCH3 is 1. The van der Waals surface area contributed by atoms with Crippen molar-refractivity contribution < 1.29 is 9.13 Å². The van der Waals surface area contributed by atoms with Crippen molar-refractivity contribution in [3.05, 3.63) is 47.8 Å². The molecule has 5 heteroatoms. The Morgan fingerprint density at radius 3 is 2.85 bits per heavy atom. The Morgan fingerprint density at radius 2 is 2.15 bits per heavy atom. The highest BCUT2D eigenvalue weighted by atomic mass is 19.1. The van der Waals surface area contributed by atoms with Crippen LogP contribution in [0.3, 0.4) is 0 Å². The number of nitrogens with zero attached hydrogens (tertiary/aromatic N) is 2. The number of imidazole rings is 1. The molecular weight excluding hydrogens is 257 g/mol. The van der Waals surface area contributed by atoms with Crippen LogP contribution >= 0.6 is 0 Å². The number of aromatic nitrogens is 2. The van der Waals surface area contributed by atoms with E-state index in [-0.39, 0.29) is 0 Å². The fourth-order valence-electron chi connectivity index (χ4n) is 2.06. The van der Waals surface area contributed by atoms with Gasteiger partial charge in [0.2, 0.25) is 0 Å². The van der Waals surface area contributed by atoms with Crippen LogP contribution in [0.2, 0.25) is 0 Å². The zero-order valence-electron chi connectivity index (χ0n) is 10.6. The Morgan fingerprint density at radius 1 is 1.30 bits per heavy atom. The van der Waals surface area contributed by atoms with E-state index in [2.05, 4.69) is 16.0 Å². The summed E-state index contributed by atoms with van der Waals surface area (Å²) in [5, 5.41) is 9.04. The van der Waals surface area contributed by atoms with Crippen LogP contribution in [0.5, 0.6) is 5.75 Å². The smallest absolute Gasteiger partial charge is 0.141 e. The van der Waals surface area contributed by atoms with Gasteiger partial charge in [-0.05, 0) is 24.3 Å². The first-order valence-electron chi connectivity index (χ1n) is 5.95. The number of para-hydroxylation sites is 1. The molecule has 0 fully saturated rings. The number of H-pyrrole nitrogens is 1. The van der Waals surface area contributed by atoms with Crippen molar-refractivity contribution in [1.82, 2.24) is 9.97 Å². The van der Waals surface area contributed by atoms with E-state index >= 15 is 0 Å². The molecule has 98 valence electrons. The van der Waals surface area contributed by atoms with Crippen LogP contribution < -0.4 is 4.74 Å². The predicted molar refractivity (Wildman–Crippen MR) is 72.8 cm³/mol. The monoisotopic (exact) mass is 267 g/mol. The van der Waals surface area contributed by atoms with Crippen molar-refractivity contribution in [2.24, 2.45) is 0 Å². The molecule has 1 N–H and O–H groups in total. The summed E-state index contributed by atoms with van der Waals surface area (Å²) in [6.45, 7) is 0. The largest absolute Gasteiger partial charge is 0.497 e. The van der Waals surface area contributed by atoms with Crippen molar-refractivity contribution >= 4 is 11.0 Å². The number of hydrogen-bond acceptors (Lipinski definition) is 3. The third kappa shape index (κ3) is 1.88. The van der Waals surface area contributed by atoms with E-state index in [9.17, 15) is 4.39 Å². The van der Waals surface area contributed by atoms with Gasteiger partial charge in [0.25, 0.3) is 0 Å². The van der Waals surface area contributed by atoms with Gasteiger partial charge < -0.3 is 9.72 Å². The molecule has 1 heterocycles. The molecule has 0 bridgehead atoms. The molecule has 0 spiro atoms. The van der Waals surface area contributed by atoms with Crippen molar-refractivity contribution in [1.29, 1.82) is 5.26 Å². The maximum absolute atomic E-state index is 14.0. The summed E-state index contributed by atoms with van der Waals surface area (Å²) in [5.41, 5.74) is 2.04. The summed E-state index contributed by atoms with van der Waals surface area (Å²) in [6.07, 6.45) is 0. The summed E-state index contributed by atoms with van der Waals surface area (Å²) in [6, 6.07) is 11.9. The number of nitrogens with one attached hydrogen (secondary N) is 1. The Bertz CT molecular complexity index is 833. The van der Waals surface area contributed by atoms with Crippen LogP contribution in [0, 0.1) is 17.1 Å². The second kappa shape index (κ2) is 4.67. The number of hydrogen-bond donors (Lipinski definition) is 1. The summed E-state index contributed by atoms with van der Waals surface area (Å²) in [4.78, 5) is 7.33. The van der Waals surface area contributed by atoms with Gasteiger partial charge in [0.05, 0.1) is 23.8 Å². The van der Waals surface area contributed by atoms with Gasteiger partial charge in [-0.15, -0.1) is 0 Å². The molecule has 3 aromatic rings. The first-order chi connectivity index (χ1) is 9.72. The summed E-state index contributed by atoms with van der Waals surface area (Å²) < 4.78 is 19.0. The van der Waals surface area contributed by atoms with Gasteiger partial charge in [-0.3, -0.25) is 0 Å². The Labute approximate surface area is 114 Å². The molecule has 0 aliphatic heterocycles. The number of fused-ring (bicyclic) bond motifs is 1. The number of benzene rings is 2. The lowest BCUT2D eigenvalue weighted by Gasteiger charge is -2.02. The first kappa shape index (κ1) is 12.2. The molecule has 0 radical (unpaired) electrons. The van der Waals surface area contributed by atoms with Crippen LogP contribution in [0.4, 0.5) is 4.39 Å². The van der Waals surface area contributed by atoms with E-state index < -0.39 is 5.82 Å². The molecule has 0 saturated heterocycles. The highest BCUT2D eigenvalue weighted by molar-refractivity contribution is 5.84. The number of rotatable bonds is 2. The highest BCUT2D eigenvalue weighted by Gasteiger charge is 2.12. The van der Waals surface area contributed by atoms with E-state index in [1.807, 2.05) is 0 Å². The van der Waals surface area contributed by atoms with Crippen LogP contribution in [0.25, 0.3) is 22.4 Å². The second-order valence-electron chi connectivity index (χ2n) is 4.24. The van der Waals surface area contributed by atoms with Crippen molar-refractivity contribution in [3.8, 4) is 23.2 Å². The van der Waals surface area contributed by atoms with Gasteiger partial charge in [0.1, 0.15) is 29.0 Å². The third-order valence-electron chi connectivity index (χ3n) is 3.06. The molecule has 4 nitrogen and oxygen atoms in total. The lowest BCUT2D eigenvalue weighted by molar-refractivity contribution is 0.411. The van der Waals surface area contributed by atoms with Gasteiger partial charge in [-0.25, -0.2) is 9.37 Å². The van der Waals surface area contributed by atoms with Crippen LogP contribution in [-0.2, 0) is 0 Å². The molecule has 3 rings (SSSR count). The maximum Gasteiger partial charge on any atom is 0.141 e. The quantitative estimate of drug-likeness (QED) is 0.775. The van der Waals surface area contributed by atoms with Gasteiger partial charge in [-0.2, -0.15) is 5.26 Å². The molecule has 20 heavy (non-hydrogen) atoms. The predicted octanol–water partition coefficient (Wildman–Crippen LogP) is 3.25. The minimum absolute atomic E-state index is 0.339. The molecule has 0 unspecified atom stereocenters. The van der Waals surface area contributed by atoms with Gasteiger partial charge in [0.15, 0.2) is 0 Å². The average Bonchev–Trinajstić information content (AvgIpc) is 2.90. The molecule has 0 saturated carbocycles. The lowest BCUT2D eigenvalue weighted by Crippen LogP contribution is -1.89. The molecule has 1 aromatic heterocycles. The third-order valence-corrected chi connectivity index (χ3v) is 3.06. The van der Waals surface area contributed by atoms with Crippen LogP contribution in [0.15, 0.2) is 36.4 Å². The van der Waals surface area contributed by atoms with E-state index in [4.69, 9.17) is 10.00 Å². The zero-order valence-corrected chi connectivity index (χ0v) is 10.6. The Kier molecular flexibility index (Phi) is 2.84. The van der Waals surface area contributed by atoms with Gasteiger partial charge in [-0.1, -0.05) is 6.07 Å². The zero-order chi connectivity index (χ0) is 14.1. The Balaban J connectivity index is 2.18. The molecule has 0 atom stereocenters. The lowest BCUT2D eigenvalue weighted by atomic mass is 10.2. The molecule has 0 amide bonds. The van der Waals surface area contributed by atoms with Gasteiger partial charge >= 0.3 is 0 Å². The fraction of sp³-hybridized carbons (Fsp3) is 0.0667. The second-order valence-corrected chi connectivity index (χ2v) is 4.24. The first-order valence-corrected chi connectivity index (χ1v) is 5.95. The van der Waals surface area contributed by atoms with E-state index in [0.29, 0.717) is 33.7 Å². The minimum atomic E-state index is -0.429. The van der Waals surface area contributed by atoms with Crippen LogP contribution in [0.1, 0.15) is 5.56 Å². The molecular formula is C15H10FN3O. The van der Waals surface area contributed by atoms with Gasteiger partial charge in [0, 0.05) is 6.07 Å². The van der Waals surface area contributed by atoms with Crippen molar-refractivity contribution in [3.63, 3.8) is 0 Å². The minimum Gasteiger partial charge on any atom is -0.497 e. The number of aromatic amines is 1. The summed E-state index contributed by atoms with van der Waals surface area (Å²) in [7, 11) is 1.48. The highest BCUT2D eigenvalue weighted by Crippen LogP contribution is 2.27. The number of halogens is 1. The van der Waals surface area contributed by atoms with E-state index in [1.165, 1.54) is 13.2 Å². The van der Waals surface area contributed by atoms with E-state index in [0.717, 1.165) is 0 Å². The van der Waals surface area contributed by atoms with Crippen molar-refractivity contribution in [2.45, 2.75) is 0 Å². The average molecular weight is 267 g/mol. The summed E-state index contributed by atoms with van der Waals surface area (Å²) >= 11 is 0. The maximum atomic E-state index is 14.0. The molecule has 0 aliphatic carbocycles. The van der Waals surface area contributed by atoms with Crippen molar-refractivity contribution in [2.75, 3.05) is 7.11 Å². The SMILES string of the molecule is COc1ccc(-c2nc3c(C#N)cccc3[nH]2)c(F)c1. The van der Waals surface area contributed by atoms with Crippen LogP contribution in [-0.4, -0.2) is 17.1 Å². The Hall–Kier alpha value is -2.87. The number of ether oxygens (including phenoxy) is 1. The molecule has 0 aliphatic rings. The fourth-order valence-corrected chi connectivity index (χ4v) is 2.06. The standard InChI is InChI=1S/C15H10FN3O/c1-20-10-5-6-11(12(16)7-10)15-18-13-4-2-3-9(8-17)14(13)19-15/h2-7H,1H3,(H,18,19). The number of nitriles is 1.